The van der Waals surface area contributed by atoms with Gasteiger partial charge >= 0.3 is 0 Å². The first-order valence-electron chi connectivity index (χ1n) is 3.77. The Morgan fingerprint density at radius 1 is 1.92 bits per heavy atom. The zero-order valence-electron chi connectivity index (χ0n) is 7.15. The molecule has 1 aromatic heterocycles. The van der Waals surface area contributed by atoms with Gasteiger partial charge in [0.25, 0.3) is 5.91 Å². The molecule has 0 saturated heterocycles. The molecule has 0 spiro atoms. The van der Waals surface area contributed by atoms with Gasteiger partial charge in [-0.1, -0.05) is 0 Å². The molecule has 0 radical (unpaired) electrons. The largest absolute Gasteiger partial charge is 0.392 e. The molecule has 5 nitrogen and oxygen atoms in total. The first-order valence-corrected chi connectivity index (χ1v) is 4.65. The molecule has 1 aromatic rings. The Labute approximate surface area is 79.6 Å². The molecular formula is C7H11N3O2S. The van der Waals surface area contributed by atoms with Crippen LogP contribution in [0.15, 0.2) is 5.38 Å². The average molecular weight is 201 g/mol. The van der Waals surface area contributed by atoms with Crippen molar-refractivity contribution in [1.82, 2.24) is 10.3 Å². The van der Waals surface area contributed by atoms with Crippen LogP contribution in [0.4, 0.5) is 5.13 Å². The minimum Gasteiger partial charge on any atom is -0.392 e. The topological polar surface area (TPSA) is 88.2 Å². The summed E-state index contributed by atoms with van der Waals surface area (Å²) in [4.78, 5) is 15.0. The Bertz CT molecular complexity index is 298. The standard InChI is InChI=1S/C7H11N3O2S/c1-4(11)2-9-6(12)5-3-13-7(8)10-5/h3-4,11H,2H2,1H3,(H2,8,10)(H,9,12). The molecule has 6 heteroatoms. The van der Waals surface area contributed by atoms with E-state index in [4.69, 9.17) is 10.8 Å². The third kappa shape index (κ3) is 3.00. The fraction of sp³-hybridized carbons (Fsp3) is 0.429. The van der Waals surface area contributed by atoms with E-state index in [1.165, 1.54) is 11.3 Å². The molecule has 1 atom stereocenters. The molecule has 0 aliphatic heterocycles. The lowest BCUT2D eigenvalue weighted by Gasteiger charge is -2.04. The summed E-state index contributed by atoms with van der Waals surface area (Å²) in [5, 5.41) is 13.3. The van der Waals surface area contributed by atoms with E-state index in [1.54, 1.807) is 12.3 Å². The first kappa shape index (κ1) is 9.94. The van der Waals surface area contributed by atoms with Gasteiger partial charge in [-0.05, 0) is 6.92 Å². The van der Waals surface area contributed by atoms with E-state index >= 15 is 0 Å². The van der Waals surface area contributed by atoms with Crippen LogP contribution in [0.5, 0.6) is 0 Å². The number of hydrogen-bond acceptors (Lipinski definition) is 5. The number of nitrogen functional groups attached to an aromatic ring is 1. The molecule has 13 heavy (non-hydrogen) atoms. The highest BCUT2D eigenvalue weighted by Crippen LogP contribution is 2.10. The summed E-state index contributed by atoms with van der Waals surface area (Å²) in [7, 11) is 0. The number of anilines is 1. The quantitative estimate of drug-likeness (QED) is 0.634. The maximum atomic E-state index is 11.2. The number of carbonyl (C=O) groups is 1. The number of nitrogens with one attached hydrogen (secondary N) is 1. The van der Waals surface area contributed by atoms with Gasteiger partial charge < -0.3 is 16.2 Å². The van der Waals surface area contributed by atoms with Crippen molar-refractivity contribution in [3.63, 3.8) is 0 Å². The van der Waals surface area contributed by atoms with Crippen molar-refractivity contribution in [3.05, 3.63) is 11.1 Å². The molecule has 1 amide bonds. The van der Waals surface area contributed by atoms with E-state index in [-0.39, 0.29) is 12.5 Å². The Hall–Kier alpha value is -1.14. The van der Waals surface area contributed by atoms with Crippen molar-refractivity contribution in [3.8, 4) is 0 Å². The van der Waals surface area contributed by atoms with Crippen LogP contribution in [0.25, 0.3) is 0 Å². The van der Waals surface area contributed by atoms with Crippen molar-refractivity contribution in [2.24, 2.45) is 0 Å². The number of thiazole rings is 1. The van der Waals surface area contributed by atoms with Gasteiger partial charge in [-0.2, -0.15) is 0 Å². The molecular weight excluding hydrogens is 190 g/mol. The van der Waals surface area contributed by atoms with Crippen LogP contribution < -0.4 is 11.1 Å². The van der Waals surface area contributed by atoms with E-state index in [0.717, 1.165) is 0 Å². The van der Waals surface area contributed by atoms with Gasteiger partial charge in [-0.25, -0.2) is 4.98 Å². The van der Waals surface area contributed by atoms with Gasteiger partial charge in [0.2, 0.25) is 0 Å². The lowest BCUT2D eigenvalue weighted by molar-refractivity contribution is 0.0920. The Morgan fingerprint density at radius 2 is 2.62 bits per heavy atom. The third-order valence-corrected chi connectivity index (χ3v) is 1.99. The highest BCUT2D eigenvalue weighted by molar-refractivity contribution is 7.13. The molecule has 1 unspecified atom stereocenters. The zero-order chi connectivity index (χ0) is 9.84. The Kier molecular flexibility index (Phi) is 3.21. The minimum absolute atomic E-state index is 0.219. The highest BCUT2D eigenvalue weighted by Gasteiger charge is 2.09. The number of nitrogens with two attached hydrogens (primary N) is 1. The molecule has 0 aliphatic carbocycles. The molecule has 1 heterocycles. The maximum absolute atomic E-state index is 11.2. The number of aliphatic hydroxyl groups is 1. The van der Waals surface area contributed by atoms with Crippen LogP contribution in [-0.2, 0) is 0 Å². The average Bonchev–Trinajstić information content (AvgIpc) is 2.47. The smallest absolute Gasteiger partial charge is 0.270 e. The second kappa shape index (κ2) is 4.20. The minimum atomic E-state index is -0.556. The second-order valence-electron chi connectivity index (χ2n) is 2.63. The van der Waals surface area contributed by atoms with Gasteiger partial charge in [0.15, 0.2) is 5.13 Å². The van der Waals surface area contributed by atoms with Crippen molar-refractivity contribution in [2.45, 2.75) is 13.0 Å². The van der Waals surface area contributed by atoms with E-state index in [0.29, 0.717) is 10.8 Å². The highest BCUT2D eigenvalue weighted by atomic mass is 32.1. The summed E-state index contributed by atoms with van der Waals surface area (Å²) in [6.45, 7) is 1.81. The summed E-state index contributed by atoms with van der Waals surface area (Å²) < 4.78 is 0. The van der Waals surface area contributed by atoms with Crippen molar-refractivity contribution >= 4 is 22.4 Å². The molecule has 72 valence electrons. The Balaban J connectivity index is 2.49. The van der Waals surface area contributed by atoms with Crippen molar-refractivity contribution < 1.29 is 9.90 Å². The van der Waals surface area contributed by atoms with E-state index in [2.05, 4.69) is 10.3 Å². The summed E-state index contributed by atoms with van der Waals surface area (Å²) in [6, 6.07) is 0. The number of rotatable bonds is 3. The number of aliphatic hydroxyl groups excluding tert-OH is 1. The molecule has 0 aromatic carbocycles. The monoisotopic (exact) mass is 201 g/mol. The van der Waals surface area contributed by atoms with Gasteiger partial charge in [-0.15, -0.1) is 11.3 Å². The van der Waals surface area contributed by atoms with Gasteiger partial charge in [0.05, 0.1) is 6.10 Å². The number of nitrogens with zero attached hydrogens (tertiary/aromatic N) is 1. The molecule has 0 bridgehead atoms. The zero-order valence-corrected chi connectivity index (χ0v) is 7.97. The molecule has 0 saturated carbocycles. The van der Waals surface area contributed by atoms with Crippen LogP contribution in [0.3, 0.4) is 0 Å². The normalized spacial score (nSPS) is 12.5. The van der Waals surface area contributed by atoms with Crippen molar-refractivity contribution in [2.75, 3.05) is 12.3 Å². The summed E-state index contributed by atoms with van der Waals surface area (Å²) in [6.07, 6.45) is -0.556. The third-order valence-electron chi connectivity index (χ3n) is 1.31. The summed E-state index contributed by atoms with van der Waals surface area (Å²) in [5.41, 5.74) is 5.64. The number of hydrogen-bond donors (Lipinski definition) is 3. The summed E-state index contributed by atoms with van der Waals surface area (Å²) >= 11 is 1.21. The molecule has 4 N–H and O–H groups in total. The van der Waals surface area contributed by atoms with Crippen molar-refractivity contribution in [1.29, 1.82) is 0 Å². The number of amides is 1. The number of aromatic nitrogens is 1. The van der Waals surface area contributed by atoms with Crippen LogP contribution >= 0.6 is 11.3 Å². The lowest BCUT2D eigenvalue weighted by Crippen LogP contribution is -2.30. The lowest BCUT2D eigenvalue weighted by atomic mass is 10.4. The van der Waals surface area contributed by atoms with E-state index in [1.807, 2.05) is 0 Å². The predicted molar refractivity (Wildman–Crippen MR) is 50.5 cm³/mol. The van der Waals surface area contributed by atoms with Gasteiger partial charge in [0.1, 0.15) is 5.69 Å². The Morgan fingerprint density at radius 3 is 3.08 bits per heavy atom. The van der Waals surface area contributed by atoms with Crippen LogP contribution in [0.2, 0.25) is 0 Å². The van der Waals surface area contributed by atoms with Gasteiger partial charge in [-0.3, -0.25) is 4.79 Å². The second-order valence-corrected chi connectivity index (χ2v) is 3.52. The first-order chi connectivity index (χ1) is 6.09. The van der Waals surface area contributed by atoms with Crippen LogP contribution in [-0.4, -0.2) is 28.6 Å². The van der Waals surface area contributed by atoms with Gasteiger partial charge in [0, 0.05) is 11.9 Å². The maximum Gasteiger partial charge on any atom is 0.270 e. The van der Waals surface area contributed by atoms with Crippen LogP contribution in [0.1, 0.15) is 17.4 Å². The summed E-state index contributed by atoms with van der Waals surface area (Å²) in [5.74, 6) is -0.311. The fourth-order valence-electron chi connectivity index (χ4n) is 0.723. The molecule has 0 fully saturated rings. The SMILES string of the molecule is CC(O)CNC(=O)c1csc(N)n1. The number of carbonyl (C=O) groups excluding carboxylic acids is 1. The van der Waals surface area contributed by atoms with E-state index < -0.39 is 6.10 Å². The predicted octanol–water partition coefficient (Wildman–Crippen LogP) is -0.164. The molecule has 0 aliphatic rings. The molecule has 1 rings (SSSR count). The fourth-order valence-corrected chi connectivity index (χ4v) is 1.27. The van der Waals surface area contributed by atoms with E-state index in [9.17, 15) is 4.79 Å². The van der Waals surface area contributed by atoms with Crippen LogP contribution in [0, 0.1) is 0 Å².